The van der Waals surface area contributed by atoms with E-state index in [4.69, 9.17) is 25.5 Å². The molecule has 0 saturated carbocycles. The Labute approximate surface area is 198 Å². The highest BCUT2D eigenvalue weighted by molar-refractivity contribution is 6.32. The number of fused-ring (bicyclic) bond motifs is 1. The molecule has 2 aromatic carbocycles. The van der Waals surface area contributed by atoms with Crippen LogP contribution in [0.4, 0.5) is 0 Å². The van der Waals surface area contributed by atoms with Gasteiger partial charge in [-0.1, -0.05) is 18.5 Å². The minimum atomic E-state index is -0.583. The minimum absolute atomic E-state index is 0.100. The maximum absolute atomic E-state index is 12.9. The lowest BCUT2D eigenvalue weighted by Crippen LogP contribution is -2.41. The Morgan fingerprint density at radius 1 is 1.21 bits per heavy atom. The van der Waals surface area contributed by atoms with Crippen molar-refractivity contribution in [2.45, 2.75) is 39.7 Å². The van der Waals surface area contributed by atoms with Gasteiger partial charge in [-0.15, -0.1) is 0 Å². The molecule has 2 heterocycles. The molecule has 176 valence electrons. The summed E-state index contributed by atoms with van der Waals surface area (Å²) in [5.41, 5.74) is 1.87. The molecule has 1 aliphatic rings. The molecule has 33 heavy (non-hydrogen) atoms. The van der Waals surface area contributed by atoms with E-state index in [-0.39, 0.29) is 17.8 Å². The van der Waals surface area contributed by atoms with Gasteiger partial charge in [-0.3, -0.25) is 4.79 Å². The predicted molar refractivity (Wildman–Crippen MR) is 130 cm³/mol. The molecule has 1 aliphatic heterocycles. The fraction of sp³-hybridized carbons (Fsp3) is 0.423. The van der Waals surface area contributed by atoms with Crippen molar-refractivity contribution in [1.82, 2.24) is 4.90 Å². The van der Waals surface area contributed by atoms with E-state index in [9.17, 15) is 9.90 Å². The number of nitrogens with zero attached hydrogens (tertiary/aromatic N) is 1. The number of hydrogen-bond acceptors (Lipinski definition) is 6. The van der Waals surface area contributed by atoms with E-state index >= 15 is 0 Å². The lowest BCUT2D eigenvalue weighted by Gasteiger charge is -2.32. The Balaban J connectivity index is 1.43. The Morgan fingerprint density at radius 3 is 2.70 bits per heavy atom. The molecule has 7 heteroatoms. The Bertz CT molecular complexity index is 1170. The topological polar surface area (TPSA) is 72.1 Å². The van der Waals surface area contributed by atoms with Crippen molar-refractivity contribution >= 4 is 22.6 Å². The first-order valence-electron chi connectivity index (χ1n) is 11.3. The third kappa shape index (κ3) is 5.69. The Hall–Kier alpha value is -2.54. The van der Waals surface area contributed by atoms with Gasteiger partial charge in [-0.25, -0.2) is 0 Å². The van der Waals surface area contributed by atoms with Crippen molar-refractivity contribution < 1.29 is 19.0 Å². The fourth-order valence-corrected chi connectivity index (χ4v) is 4.45. The Kier molecular flexibility index (Phi) is 7.27. The Morgan fingerprint density at radius 2 is 1.97 bits per heavy atom. The second-order valence-corrected chi connectivity index (χ2v) is 9.41. The molecule has 1 saturated heterocycles. The summed E-state index contributed by atoms with van der Waals surface area (Å²) in [4.78, 5) is 15.2. The number of halogens is 1. The lowest BCUT2D eigenvalue weighted by atomic mass is 10.0. The summed E-state index contributed by atoms with van der Waals surface area (Å²) in [5, 5.41) is 11.4. The van der Waals surface area contributed by atoms with Crippen LogP contribution in [0, 0.1) is 19.8 Å². The smallest absolute Gasteiger partial charge is 0.235 e. The maximum atomic E-state index is 12.9. The first kappa shape index (κ1) is 23.6. The summed E-state index contributed by atoms with van der Waals surface area (Å²) in [6.07, 6.45) is 3.14. The van der Waals surface area contributed by atoms with E-state index < -0.39 is 6.10 Å². The van der Waals surface area contributed by atoms with Crippen LogP contribution < -0.4 is 14.9 Å². The van der Waals surface area contributed by atoms with Gasteiger partial charge in [0.2, 0.25) is 11.2 Å². The zero-order valence-electron chi connectivity index (χ0n) is 19.3. The zero-order valence-corrected chi connectivity index (χ0v) is 20.0. The number of ether oxygens (including phenoxy) is 2. The van der Waals surface area contributed by atoms with E-state index in [0.29, 0.717) is 40.0 Å². The molecule has 0 radical (unpaired) electrons. The molecular formula is C26H30ClNO5. The molecule has 6 nitrogen and oxygen atoms in total. The average Bonchev–Trinajstić information content (AvgIpc) is 2.78. The highest BCUT2D eigenvalue weighted by Crippen LogP contribution is 2.29. The van der Waals surface area contributed by atoms with Crippen LogP contribution in [0.3, 0.4) is 0 Å². The van der Waals surface area contributed by atoms with Gasteiger partial charge in [0.05, 0.1) is 5.39 Å². The first-order valence-corrected chi connectivity index (χ1v) is 11.7. The summed E-state index contributed by atoms with van der Waals surface area (Å²) in [5.74, 6) is 1.83. The van der Waals surface area contributed by atoms with Gasteiger partial charge >= 0.3 is 0 Å². The summed E-state index contributed by atoms with van der Waals surface area (Å²) in [7, 11) is 0. The van der Waals surface area contributed by atoms with Crippen molar-refractivity contribution in [2.75, 3.05) is 26.2 Å². The zero-order chi connectivity index (χ0) is 23.5. The second-order valence-electron chi connectivity index (χ2n) is 9.03. The SMILES string of the molecule is Cc1cc(Oc2coc3cc(OC[C@@H](O)CN4CCC[C@@H](C)C4)ccc3c2=O)cc(C)c1Cl. The van der Waals surface area contributed by atoms with Crippen molar-refractivity contribution in [1.29, 1.82) is 0 Å². The van der Waals surface area contributed by atoms with E-state index in [2.05, 4.69) is 11.8 Å². The highest BCUT2D eigenvalue weighted by atomic mass is 35.5. The maximum Gasteiger partial charge on any atom is 0.235 e. The van der Waals surface area contributed by atoms with Crippen LogP contribution >= 0.6 is 11.6 Å². The molecule has 0 amide bonds. The average molecular weight is 472 g/mol. The number of rotatable bonds is 7. The van der Waals surface area contributed by atoms with Gasteiger partial charge in [0.15, 0.2) is 0 Å². The summed E-state index contributed by atoms with van der Waals surface area (Å²) in [6.45, 7) is 8.81. The van der Waals surface area contributed by atoms with E-state index in [1.165, 1.54) is 19.1 Å². The van der Waals surface area contributed by atoms with E-state index in [0.717, 1.165) is 24.2 Å². The van der Waals surface area contributed by atoms with Crippen LogP contribution in [0.5, 0.6) is 17.2 Å². The van der Waals surface area contributed by atoms with Crippen LogP contribution in [-0.4, -0.2) is 42.4 Å². The third-order valence-corrected chi connectivity index (χ3v) is 6.60. The number of likely N-dealkylation sites (tertiary alicyclic amines) is 1. The van der Waals surface area contributed by atoms with Gasteiger partial charge in [-0.2, -0.15) is 0 Å². The molecule has 0 unspecified atom stereocenters. The molecule has 2 atom stereocenters. The van der Waals surface area contributed by atoms with Gasteiger partial charge in [0.1, 0.15) is 36.1 Å². The number of hydrogen-bond donors (Lipinski definition) is 1. The standard InChI is InChI=1S/C26H30ClNO5/c1-16-5-4-8-28(12-16)13-19(29)14-31-20-6-7-22-23(11-20)32-15-24(26(22)30)33-21-9-17(2)25(27)18(3)10-21/h6-7,9-11,15-16,19,29H,4-5,8,12-14H2,1-3H3/t16-,19+/m1/s1. The van der Waals surface area contributed by atoms with E-state index in [1.54, 1.807) is 30.3 Å². The monoisotopic (exact) mass is 471 g/mol. The first-order chi connectivity index (χ1) is 15.8. The molecule has 1 N–H and O–H groups in total. The van der Waals surface area contributed by atoms with Crippen molar-refractivity contribution in [2.24, 2.45) is 5.92 Å². The van der Waals surface area contributed by atoms with Crippen LogP contribution in [0.25, 0.3) is 11.0 Å². The summed E-state index contributed by atoms with van der Waals surface area (Å²) >= 11 is 6.21. The molecule has 1 fully saturated rings. The van der Waals surface area contributed by atoms with Crippen LogP contribution in [0.2, 0.25) is 5.02 Å². The number of aliphatic hydroxyl groups is 1. The predicted octanol–water partition coefficient (Wildman–Crippen LogP) is 5.33. The minimum Gasteiger partial charge on any atom is -0.491 e. The van der Waals surface area contributed by atoms with Gasteiger partial charge in [0, 0.05) is 24.2 Å². The number of benzene rings is 2. The number of aryl methyl sites for hydroxylation is 2. The summed E-state index contributed by atoms with van der Waals surface area (Å²) < 4.78 is 17.2. The number of aliphatic hydroxyl groups excluding tert-OH is 1. The van der Waals surface area contributed by atoms with Crippen molar-refractivity contribution in [3.63, 3.8) is 0 Å². The third-order valence-electron chi connectivity index (χ3n) is 6.00. The van der Waals surface area contributed by atoms with E-state index in [1.807, 2.05) is 13.8 Å². The van der Waals surface area contributed by atoms with Crippen molar-refractivity contribution in [3.8, 4) is 17.2 Å². The molecule has 0 aliphatic carbocycles. The summed E-state index contributed by atoms with van der Waals surface area (Å²) in [6, 6.07) is 8.58. The van der Waals surface area contributed by atoms with Crippen LogP contribution in [0.15, 0.2) is 45.8 Å². The molecule has 3 aromatic rings. The lowest BCUT2D eigenvalue weighted by molar-refractivity contribution is 0.0537. The van der Waals surface area contributed by atoms with Crippen molar-refractivity contribution in [3.05, 3.63) is 63.0 Å². The highest BCUT2D eigenvalue weighted by Gasteiger charge is 2.19. The molecule has 4 rings (SSSR count). The van der Waals surface area contributed by atoms with Gasteiger partial charge < -0.3 is 23.9 Å². The molecule has 1 aromatic heterocycles. The van der Waals surface area contributed by atoms with Crippen LogP contribution in [0.1, 0.15) is 30.9 Å². The normalized spacial score (nSPS) is 17.8. The van der Waals surface area contributed by atoms with Gasteiger partial charge in [-0.05, 0) is 74.5 Å². The second kappa shape index (κ2) is 10.2. The van der Waals surface area contributed by atoms with Crippen LogP contribution in [-0.2, 0) is 0 Å². The number of piperidine rings is 1. The molecular weight excluding hydrogens is 442 g/mol. The number of β-amino-alcohol motifs (C(OH)–C–C–N with tert-alkyl or cyclic N) is 1. The fourth-order valence-electron chi connectivity index (χ4n) is 4.34. The molecule has 0 spiro atoms. The molecule has 0 bridgehead atoms. The van der Waals surface area contributed by atoms with Gasteiger partial charge in [0.25, 0.3) is 0 Å². The quantitative estimate of drug-likeness (QED) is 0.502. The largest absolute Gasteiger partial charge is 0.491 e.